The van der Waals surface area contributed by atoms with E-state index >= 15 is 0 Å². The van der Waals surface area contributed by atoms with Gasteiger partial charge in [0.15, 0.2) is 0 Å². The number of rotatable bonds is 5. The fourth-order valence-electron chi connectivity index (χ4n) is 2.00. The topological polar surface area (TPSA) is 55.2 Å². The standard InChI is InChI=1S/C16H18N2O2/c1-12(2)14-9-7-13(8-10-14)11-17-15-5-3-4-6-16(15)18(19)20/h3-10,12,17H,11H2,1-2H3. The Hall–Kier alpha value is -2.36. The highest BCUT2D eigenvalue weighted by atomic mass is 16.6. The third-order valence-electron chi connectivity index (χ3n) is 3.23. The number of para-hydroxylation sites is 2. The van der Waals surface area contributed by atoms with Crippen LogP contribution in [0.25, 0.3) is 0 Å². The summed E-state index contributed by atoms with van der Waals surface area (Å²) in [7, 11) is 0. The smallest absolute Gasteiger partial charge is 0.292 e. The van der Waals surface area contributed by atoms with Gasteiger partial charge >= 0.3 is 0 Å². The summed E-state index contributed by atoms with van der Waals surface area (Å²) in [6.45, 7) is 4.88. The second-order valence-electron chi connectivity index (χ2n) is 5.02. The van der Waals surface area contributed by atoms with Crippen LogP contribution in [0.15, 0.2) is 48.5 Å². The highest BCUT2D eigenvalue weighted by Crippen LogP contribution is 2.24. The summed E-state index contributed by atoms with van der Waals surface area (Å²) >= 11 is 0. The summed E-state index contributed by atoms with van der Waals surface area (Å²) < 4.78 is 0. The third-order valence-corrected chi connectivity index (χ3v) is 3.23. The van der Waals surface area contributed by atoms with E-state index in [1.807, 2.05) is 0 Å². The van der Waals surface area contributed by atoms with Gasteiger partial charge in [0.1, 0.15) is 5.69 Å². The van der Waals surface area contributed by atoms with E-state index < -0.39 is 0 Å². The van der Waals surface area contributed by atoms with E-state index in [1.165, 1.54) is 11.6 Å². The quantitative estimate of drug-likeness (QED) is 0.650. The molecule has 0 aliphatic carbocycles. The lowest BCUT2D eigenvalue weighted by Gasteiger charge is -2.09. The van der Waals surface area contributed by atoms with Crippen molar-refractivity contribution in [1.29, 1.82) is 0 Å². The number of hydrogen-bond donors (Lipinski definition) is 1. The average molecular weight is 270 g/mol. The maximum absolute atomic E-state index is 10.9. The second kappa shape index (κ2) is 6.19. The van der Waals surface area contributed by atoms with Gasteiger partial charge in [0.05, 0.1) is 4.92 Å². The molecule has 0 saturated heterocycles. The van der Waals surface area contributed by atoms with Gasteiger partial charge in [-0.05, 0) is 23.1 Å². The third kappa shape index (κ3) is 3.35. The monoisotopic (exact) mass is 270 g/mol. The zero-order valence-corrected chi connectivity index (χ0v) is 11.7. The molecule has 20 heavy (non-hydrogen) atoms. The van der Waals surface area contributed by atoms with Gasteiger partial charge in [0, 0.05) is 12.6 Å². The fraction of sp³-hybridized carbons (Fsp3) is 0.250. The highest BCUT2D eigenvalue weighted by molar-refractivity contribution is 5.61. The van der Waals surface area contributed by atoms with Gasteiger partial charge < -0.3 is 5.32 Å². The number of nitro benzene ring substituents is 1. The van der Waals surface area contributed by atoms with Crippen molar-refractivity contribution in [2.45, 2.75) is 26.3 Å². The van der Waals surface area contributed by atoms with E-state index in [0.717, 1.165) is 5.56 Å². The summed E-state index contributed by atoms with van der Waals surface area (Å²) in [5, 5.41) is 14.0. The minimum absolute atomic E-state index is 0.103. The van der Waals surface area contributed by atoms with Crippen molar-refractivity contribution >= 4 is 11.4 Å². The predicted octanol–water partition coefficient (Wildman–Crippen LogP) is 4.33. The molecule has 0 fully saturated rings. The molecule has 0 bridgehead atoms. The largest absolute Gasteiger partial charge is 0.375 e. The van der Waals surface area contributed by atoms with Crippen LogP contribution in [0.5, 0.6) is 0 Å². The molecular formula is C16H18N2O2. The number of nitrogens with zero attached hydrogens (tertiary/aromatic N) is 1. The van der Waals surface area contributed by atoms with Crippen LogP contribution in [0.2, 0.25) is 0 Å². The summed E-state index contributed by atoms with van der Waals surface area (Å²) in [6, 6.07) is 15.0. The molecule has 2 aromatic carbocycles. The molecular weight excluding hydrogens is 252 g/mol. The Morgan fingerprint density at radius 1 is 1.10 bits per heavy atom. The zero-order chi connectivity index (χ0) is 14.5. The molecule has 4 heteroatoms. The van der Waals surface area contributed by atoms with E-state index in [1.54, 1.807) is 18.2 Å². The molecule has 4 nitrogen and oxygen atoms in total. The van der Waals surface area contributed by atoms with Crippen LogP contribution < -0.4 is 5.32 Å². The molecule has 0 aliphatic rings. The molecule has 0 atom stereocenters. The maximum atomic E-state index is 10.9. The lowest BCUT2D eigenvalue weighted by Crippen LogP contribution is -2.02. The fourth-order valence-corrected chi connectivity index (χ4v) is 2.00. The van der Waals surface area contributed by atoms with E-state index in [2.05, 4.69) is 43.4 Å². The molecule has 0 unspecified atom stereocenters. The van der Waals surface area contributed by atoms with Gasteiger partial charge in [-0.3, -0.25) is 10.1 Å². The first kappa shape index (κ1) is 14.1. The molecule has 0 aliphatic heterocycles. The minimum atomic E-state index is -0.371. The zero-order valence-electron chi connectivity index (χ0n) is 11.7. The first-order chi connectivity index (χ1) is 9.58. The molecule has 0 saturated carbocycles. The SMILES string of the molecule is CC(C)c1ccc(CNc2ccccc2[N+](=O)[O-])cc1. The van der Waals surface area contributed by atoms with Crippen LogP contribution in [0.4, 0.5) is 11.4 Å². The van der Waals surface area contributed by atoms with Crippen molar-refractivity contribution in [3.63, 3.8) is 0 Å². The van der Waals surface area contributed by atoms with E-state index in [0.29, 0.717) is 18.2 Å². The lowest BCUT2D eigenvalue weighted by molar-refractivity contribution is -0.384. The Labute approximate surface area is 118 Å². The van der Waals surface area contributed by atoms with Crippen LogP contribution in [0.1, 0.15) is 30.9 Å². The van der Waals surface area contributed by atoms with Gasteiger partial charge in [-0.15, -0.1) is 0 Å². The Bertz CT molecular complexity index is 592. The van der Waals surface area contributed by atoms with E-state index in [-0.39, 0.29) is 10.6 Å². The maximum Gasteiger partial charge on any atom is 0.292 e. The number of hydrogen-bond acceptors (Lipinski definition) is 3. The Kier molecular flexibility index (Phi) is 4.35. The van der Waals surface area contributed by atoms with E-state index in [9.17, 15) is 10.1 Å². The molecule has 104 valence electrons. The normalized spacial score (nSPS) is 10.6. The molecule has 0 aromatic heterocycles. The molecule has 0 amide bonds. The summed E-state index contributed by atoms with van der Waals surface area (Å²) in [4.78, 5) is 10.5. The van der Waals surface area contributed by atoms with Gasteiger partial charge in [-0.2, -0.15) is 0 Å². The van der Waals surface area contributed by atoms with Gasteiger partial charge in [0.2, 0.25) is 0 Å². The Balaban J connectivity index is 2.07. The Morgan fingerprint density at radius 3 is 2.35 bits per heavy atom. The Morgan fingerprint density at radius 2 is 1.75 bits per heavy atom. The molecule has 1 N–H and O–H groups in total. The van der Waals surface area contributed by atoms with Crippen LogP contribution in [0, 0.1) is 10.1 Å². The number of nitro groups is 1. The van der Waals surface area contributed by atoms with Crippen molar-refractivity contribution in [3.8, 4) is 0 Å². The summed E-state index contributed by atoms with van der Waals surface area (Å²) in [6.07, 6.45) is 0. The molecule has 0 spiro atoms. The highest BCUT2D eigenvalue weighted by Gasteiger charge is 2.11. The van der Waals surface area contributed by atoms with Crippen molar-refractivity contribution in [2.24, 2.45) is 0 Å². The molecule has 0 heterocycles. The van der Waals surface area contributed by atoms with Crippen molar-refractivity contribution < 1.29 is 4.92 Å². The van der Waals surface area contributed by atoms with Crippen LogP contribution >= 0.6 is 0 Å². The summed E-state index contributed by atoms with van der Waals surface area (Å²) in [5.41, 5.74) is 3.05. The molecule has 0 radical (unpaired) electrons. The minimum Gasteiger partial charge on any atom is -0.375 e. The van der Waals surface area contributed by atoms with Crippen molar-refractivity contribution in [2.75, 3.05) is 5.32 Å². The molecule has 2 aromatic rings. The van der Waals surface area contributed by atoms with Crippen LogP contribution in [-0.4, -0.2) is 4.92 Å². The van der Waals surface area contributed by atoms with Gasteiger partial charge in [-0.1, -0.05) is 50.2 Å². The van der Waals surface area contributed by atoms with Crippen LogP contribution in [-0.2, 0) is 6.54 Å². The molecule has 2 rings (SSSR count). The average Bonchev–Trinajstić information content (AvgIpc) is 2.45. The first-order valence-corrected chi connectivity index (χ1v) is 6.64. The first-order valence-electron chi connectivity index (χ1n) is 6.64. The number of anilines is 1. The second-order valence-corrected chi connectivity index (χ2v) is 5.02. The van der Waals surface area contributed by atoms with Gasteiger partial charge in [-0.25, -0.2) is 0 Å². The van der Waals surface area contributed by atoms with Crippen LogP contribution in [0.3, 0.4) is 0 Å². The number of nitrogens with one attached hydrogen (secondary N) is 1. The summed E-state index contributed by atoms with van der Waals surface area (Å²) in [5.74, 6) is 0.507. The van der Waals surface area contributed by atoms with E-state index in [4.69, 9.17) is 0 Å². The lowest BCUT2D eigenvalue weighted by atomic mass is 10.0. The van der Waals surface area contributed by atoms with Gasteiger partial charge in [0.25, 0.3) is 5.69 Å². The van der Waals surface area contributed by atoms with Crippen molar-refractivity contribution in [3.05, 3.63) is 69.8 Å². The van der Waals surface area contributed by atoms with Crippen molar-refractivity contribution in [1.82, 2.24) is 0 Å². The predicted molar refractivity (Wildman–Crippen MR) is 81.0 cm³/mol. The number of benzene rings is 2.